The Balaban J connectivity index is 1.64. The Kier molecular flexibility index (Phi) is 5.92. The van der Waals surface area contributed by atoms with Gasteiger partial charge in [-0.05, 0) is 42.5 Å². The number of amides is 4. The van der Waals surface area contributed by atoms with E-state index in [-0.39, 0.29) is 36.6 Å². The number of anilines is 4. The van der Waals surface area contributed by atoms with Crippen LogP contribution in [-0.4, -0.2) is 30.2 Å². The van der Waals surface area contributed by atoms with E-state index in [2.05, 4.69) is 16.0 Å². The number of benzene rings is 2. The van der Waals surface area contributed by atoms with E-state index >= 15 is 0 Å². The molecule has 0 radical (unpaired) electrons. The molecule has 0 aromatic heterocycles. The summed E-state index contributed by atoms with van der Waals surface area (Å²) in [5.74, 6) is -1.25. The summed E-state index contributed by atoms with van der Waals surface area (Å²) in [5.41, 5.74) is 2.45. The third kappa shape index (κ3) is 5.19. The molecule has 0 saturated carbocycles. The van der Waals surface area contributed by atoms with E-state index in [1.807, 2.05) is 0 Å². The van der Waals surface area contributed by atoms with Crippen molar-refractivity contribution in [2.75, 3.05) is 27.4 Å². The average Bonchev–Trinajstić information content (AvgIpc) is 3.04. The van der Waals surface area contributed by atoms with Crippen LogP contribution in [0, 0.1) is 5.92 Å². The SMILES string of the molecule is CC(=O)Nc1ccc(NC(=O)[C@@H]2CC(=O)N(c3cccc(NC(C)=O)c3)C2)cc1. The first-order valence-corrected chi connectivity index (χ1v) is 9.18. The van der Waals surface area contributed by atoms with E-state index in [9.17, 15) is 19.2 Å². The second-order valence-corrected chi connectivity index (χ2v) is 6.88. The third-order valence-electron chi connectivity index (χ3n) is 4.45. The standard InChI is InChI=1S/C21H22N4O4/c1-13(26)22-16-6-8-17(9-7-16)24-21(29)15-10-20(28)25(12-15)19-5-3-4-18(11-19)23-14(2)27/h3-9,11,15H,10,12H2,1-2H3,(H,22,26)(H,23,27)(H,24,29)/t15-/m1/s1. The number of nitrogens with zero attached hydrogens (tertiary/aromatic N) is 1. The number of rotatable bonds is 5. The Morgan fingerprint density at radius 1 is 0.862 bits per heavy atom. The summed E-state index contributed by atoms with van der Waals surface area (Å²) < 4.78 is 0. The average molecular weight is 394 g/mol. The summed E-state index contributed by atoms with van der Waals surface area (Å²) in [5, 5.41) is 8.15. The Morgan fingerprint density at radius 3 is 2.07 bits per heavy atom. The number of carbonyl (C=O) groups excluding carboxylic acids is 4. The second kappa shape index (κ2) is 8.55. The van der Waals surface area contributed by atoms with Crippen molar-refractivity contribution in [3.05, 3.63) is 48.5 Å². The number of hydrogen-bond donors (Lipinski definition) is 3. The minimum Gasteiger partial charge on any atom is -0.326 e. The fourth-order valence-corrected chi connectivity index (χ4v) is 3.17. The predicted octanol–water partition coefficient (Wildman–Crippen LogP) is 2.60. The highest BCUT2D eigenvalue weighted by molar-refractivity contribution is 6.04. The molecule has 1 aliphatic rings. The quantitative estimate of drug-likeness (QED) is 0.724. The molecule has 1 atom stereocenters. The van der Waals surface area contributed by atoms with Crippen LogP contribution in [0.5, 0.6) is 0 Å². The van der Waals surface area contributed by atoms with Gasteiger partial charge in [0.2, 0.25) is 23.6 Å². The maximum absolute atomic E-state index is 12.6. The van der Waals surface area contributed by atoms with E-state index in [0.717, 1.165) is 0 Å². The summed E-state index contributed by atoms with van der Waals surface area (Å²) in [7, 11) is 0. The molecule has 8 nitrogen and oxygen atoms in total. The molecule has 1 fully saturated rings. The zero-order valence-electron chi connectivity index (χ0n) is 16.2. The van der Waals surface area contributed by atoms with E-state index in [4.69, 9.17) is 0 Å². The first-order valence-electron chi connectivity index (χ1n) is 9.18. The third-order valence-corrected chi connectivity index (χ3v) is 4.45. The smallest absolute Gasteiger partial charge is 0.229 e. The van der Waals surface area contributed by atoms with Crippen LogP contribution in [0.2, 0.25) is 0 Å². The molecule has 2 aromatic carbocycles. The molecule has 0 bridgehead atoms. The van der Waals surface area contributed by atoms with Crippen LogP contribution < -0.4 is 20.9 Å². The molecule has 0 unspecified atom stereocenters. The summed E-state index contributed by atoms with van der Waals surface area (Å²) in [4.78, 5) is 48.9. The molecule has 4 amide bonds. The van der Waals surface area contributed by atoms with Crippen molar-refractivity contribution < 1.29 is 19.2 Å². The molecule has 0 aliphatic carbocycles. The van der Waals surface area contributed by atoms with Crippen molar-refractivity contribution in [1.29, 1.82) is 0 Å². The lowest BCUT2D eigenvalue weighted by molar-refractivity contribution is -0.122. The van der Waals surface area contributed by atoms with Gasteiger partial charge < -0.3 is 20.9 Å². The monoisotopic (exact) mass is 394 g/mol. The lowest BCUT2D eigenvalue weighted by Gasteiger charge is -2.18. The van der Waals surface area contributed by atoms with Crippen molar-refractivity contribution >= 4 is 46.4 Å². The molecule has 150 valence electrons. The van der Waals surface area contributed by atoms with Gasteiger partial charge in [-0.2, -0.15) is 0 Å². The minimum absolute atomic E-state index is 0.111. The zero-order valence-corrected chi connectivity index (χ0v) is 16.2. The van der Waals surface area contributed by atoms with Crippen LogP contribution in [0.15, 0.2) is 48.5 Å². The molecule has 0 spiro atoms. The van der Waals surface area contributed by atoms with Crippen molar-refractivity contribution in [2.24, 2.45) is 5.92 Å². The fraction of sp³-hybridized carbons (Fsp3) is 0.238. The van der Waals surface area contributed by atoms with Crippen molar-refractivity contribution in [3.8, 4) is 0 Å². The van der Waals surface area contributed by atoms with Gasteiger partial charge in [-0.15, -0.1) is 0 Å². The Labute approximate surface area is 168 Å². The Hall–Kier alpha value is -3.68. The summed E-state index contributed by atoms with van der Waals surface area (Å²) >= 11 is 0. The number of hydrogen-bond acceptors (Lipinski definition) is 4. The highest BCUT2D eigenvalue weighted by Crippen LogP contribution is 2.28. The van der Waals surface area contributed by atoms with Crippen LogP contribution in [0.4, 0.5) is 22.7 Å². The van der Waals surface area contributed by atoms with Crippen LogP contribution in [0.25, 0.3) is 0 Å². The van der Waals surface area contributed by atoms with Crippen LogP contribution in [0.3, 0.4) is 0 Å². The van der Waals surface area contributed by atoms with Crippen molar-refractivity contribution in [3.63, 3.8) is 0 Å². The molecule has 1 heterocycles. The van der Waals surface area contributed by atoms with Crippen LogP contribution in [0.1, 0.15) is 20.3 Å². The summed E-state index contributed by atoms with van der Waals surface area (Å²) in [6.45, 7) is 3.10. The van der Waals surface area contributed by atoms with E-state index in [1.165, 1.54) is 13.8 Å². The van der Waals surface area contributed by atoms with Gasteiger partial charge in [0.05, 0.1) is 5.92 Å². The summed E-state index contributed by atoms with van der Waals surface area (Å²) in [6, 6.07) is 13.7. The van der Waals surface area contributed by atoms with E-state index < -0.39 is 5.92 Å². The van der Waals surface area contributed by atoms with Gasteiger partial charge in [0.15, 0.2) is 0 Å². The Bertz CT molecular complexity index is 955. The van der Waals surface area contributed by atoms with Crippen molar-refractivity contribution in [2.45, 2.75) is 20.3 Å². The topological polar surface area (TPSA) is 108 Å². The van der Waals surface area contributed by atoms with Gasteiger partial charge in [-0.3, -0.25) is 19.2 Å². The maximum Gasteiger partial charge on any atom is 0.229 e. The first kappa shape index (κ1) is 20.1. The molecule has 2 aromatic rings. The Morgan fingerprint density at radius 2 is 1.45 bits per heavy atom. The summed E-state index contributed by atoms with van der Waals surface area (Å²) in [6.07, 6.45) is 0.111. The van der Waals surface area contributed by atoms with Gasteiger partial charge in [0.1, 0.15) is 0 Å². The largest absolute Gasteiger partial charge is 0.326 e. The highest BCUT2D eigenvalue weighted by atomic mass is 16.2. The van der Waals surface area contributed by atoms with Gasteiger partial charge in [0.25, 0.3) is 0 Å². The van der Waals surface area contributed by atoms with Crippen molar-refractivity contribution in [1.82, 2.24) is 0 Å². The predicted molar refractivity (Wildman–Crippen MR) is 111 cm³/mol. The molecule has 29 heavy (non-hydrogen) atoms. The lowest BCUT2D eigenvalue weighted by Crippen LogP contribution is -2.28. The highest BCUT2D eigenvalue weighted by Gasteiger charge is 2.35. The van der Waals surface area contributed by atoms with Crippen LogP contribution in [-0.2, 0) is 19.2 Å². The van der Waals surface area contributed by atoms with Crippen LogP contribution >= 0.6 is 0 Å². The van der Waals surface area contributed by atoms with E-state index in [0.29, 0.717) is 22.7 Å². The zero-order chi connectivity index (χ0) is 21.0. The molecule has 3 rings (SSSR count). The fourth-order valence-electron chi connectivity index (χ4n) is 3.17. The number of carbonyl (C=O) groups is 4. The first-order chi connectivity index (χ1) is 13.8. The van der Waals surface area contributed by atoms with Gasteiger partial charge in [0, 0.05) is 49.6 Å². The molecule has 3 N–H and O–H groups in total. The maximum atomic E-state index is 12.6. The lowest BCUT2D eigenvalue weighted by atomic mass is 10.1. The molecular weight excluding hydrogens is 372 g/mol. The van der Waals surface area contributed by atoms with Gasteiger partial charge >= 0.3 is 0 Å². The molecular formula is C21H22N4O4. The second-order valence-electron chi connectivity index (χ2n) is 6.88. The minimum atomic E-state index is -0.484. The number of nitrogens with one attached hydrogen (secondary N) is 3. The normalized spacial score (nSPS) is 15.7. The molecule has 1 saturated heterocycles. The molecule has 1 aliphatic heterocycles. The molecule has 8 heteroatoms. The van der Waals surface area contributed by atoms with E-state index in [1.54, 1.807) is 53.4 Å². The van der Waals surface area contributed by atoms with Gasteiger partial charge in [-0.25, -0.2) is 0 Å². The van der Waals surface area contributed by atoms with Gasteiger partial charge in [-0.1, -0.05) is 6.07 Å².